The van der Waals surface area contributed by atoms with E-state index in [1.54, 1.807) is 0 Å². The minimum absolute atomic E-state index is 0.114. The van der Waals surface area contributed by atoms with Gasteiger partial charge in [-0.2, -0.15) is 0 Å². The van der Waals surface area contributed by atoms with Crippen LogP contribution in [0.25, 0.3) is 10.9 Å². The molecule has 4 nitrogen and oxygen atoms in total. The topological polar surface area (TPSA) is 68.1 Å². The van der Waals surface area contributed by atoms with Crippen molar-refractivity contribution in [3.8, 4) is 0 Å². The van der Waals surface area contributed by atoms with Crippen LogP contribution in [0.5, 0.6) is 0 Å². The van der Waals surface area contributed by atoms with E-state index in [1.807, 2.05) is 51.2 Å². The smallest absolute Gasteiger partial charge is 0.323 e. The van der Waals surface area contributed by atoms with Gasteiger partial charge in [-0.3, -0.25) is 4.79 Å². The van der Waals surface area contributed by atoms with Gasteiger partial charge in [-0.15, -0.1) is 0 Å². The molecule has 0 spiro atoms. The summed E-state index contributed by atoms with van der Waals surface area (Å²) in [6.45, 7) is 5.92. The summed E-state index contributed by atoms with van der Waals surface area (Å²) in [7, 11) is 0. The van der Waals surface area contributed by atoms with Crippen LogP contribution in [0, 0.1) is 5.92 Å². The van der Waals surface area contributed by atoms with Crippen LogP contribution in [0.1, 0.15) is 26.3 Å². The molecule has 0 amide bonds. The monoisotopic (exact) mass is 274 g/mol. The highest BCUT2D eigenvalue weighted by Crippen LogP contribution is 2.19. The normalized spacial score (nSPS) is 14.4. The molecule has 0 aliphatic rings. The number of nitrogens with one attached hydrogen (secondary N) is 1. The van der Waals surface area contributed by atoms with Crippen molar-refractivity contribution in [3.63, 3.8) is 0 Å². The Labute approximate surface area is 119 Å². The Bertz CT molecular complexity index is 589. The number of nitrogens with two attached hydrogens (primary N) is 1. The van der Waals surface area contributed by atoms with Crippen LogP contribution < -0.4 is 5.73 Å². The summed E-state index contributed by atoms with van der Waals surface area (Å²) in [4.78, 5) is 15.1. The minimum atomic E-state index is -0.629. The second-order valence-electron chi connectivity index (χ2n) is 5.56. The first-order valence-corrected chi connectivity index (χ1v) is 7.00. The number of hydrogen-bond acceptors (Lipinski definition) is 3. The number of esters is 1. The number of aromatic nitrogens is 1. The molecule has 0 fully saturated rings. The average Bonchev–Trinajstić information content (AvgIpc) is 2.82. The van der Waals surface area contributed by atoms with Crippen molar-refractivity contribution in [2.24, 2.45) is 11.7 Å². The number of H-pyrrole nitrogens is 1. The van der Waals surface area contributed by atoms with Crippen molar-refractivity contribution in [2.75, 3.05) is 0 Å². The van der Waals surface area contributed by atoms with Gasteiger partial charge in [0.1, 0.15) is 12.1 Å². The standard InChI is InChI=1S/C16H22N2O2/c1-10(2)11(3)20-16(19)14(17)8-12-9-18-15-7-5-4-6-13(12)15/h4-7,9-11,14,18H,8,17H2,1-3H3. The van der Waals surface area contributed by atoms with Gasteiger partial charge in [0.15, 0.2) is 0 Å². The molecule has 2 aromatic rings. The van der Waals surface area contributed by atoms with Gasteiger partial charge >= 0.3 is 5.97 Å². The molecular formula is C16H22N2O2. The first kappa shape index (κ1) is 14.6. The Balaban J connectivity index is 2.04. The molecule has 0 aliphatic carbocycles. The summed E-state index contributed by atoms with van der Waals surface area (Å²) in [6, 6.07) is 7.35. The maximum atomic E-state index is 12.0. The number of carbonyl (C=O) groups is 1. The lowest BCUT2D eigenvalue weighted by Gasteiger charge is -2.19. The molecule has 2 unspecified atom stereocenters. The molecule has 20 heavy (non-hydrogen) atoms. The molecular weight excluding hydrogens is 252 g/mol. The number of carbonyl (C=O) groups excluding carboxylic acids is 1. The quantitative estimate of drug-likeness (QED) is 0.824. The molecule has 1 aromatic heterocycles. The zero-order valence-corrected chi connectivity index (χ0v) is 12.2. The third-order valence-electron chi connectivity index (χ3n) is 3.66. The Morgan fingerprint density at radius 3 is 2.70 bits per heavy atom. The van der Waals surface area contributed by atoms with Crippen molar-refractivity contribution >= 4 is 16.9 Å². The maximum absolute atomic E-state index is 12.0. The van der Waals surface area contributed by atoms with E-state index in [-0.39, 0.29) is 12.1 Å². The fourth-order valence-electron chi connectivity index (χ4n) is 2.03. The van der Waals surface area contributed by atoms with Crippen LogP contribution in [0.3, 0.4) is 0 Å². The van der Waals surface area contributed by atoms with E-state index in [9.17, 15) is 4.79 Å². The summed E-state index contributed by atoms with van der Waals surface area (Å²) in [5, 5.41) is 1.10. The highest BCUT2D eigenvalue weighted by Gasteiger charge is 2.21. The number of rotatable bonds is 5. The largest absolute Gasteiger partial charge is 0.461 e. The second-order valence-corrected chi connectivity index (χ2v) is 5.56. The first-order chi connectivity index (χ1) is 9.49. The SMILES string of the molecule is CC(C)C(C)OC(=O)C(N)Cc1c[nH]c2ccccc12. The molecule has 0 saturated heterocycles. The van der Waals surface area contributed by atoms with Gasteiger partial charge < -0.3 is 15.5 Å². The number of ether oxygens (including phenoxy) is 1. The van der Waals surface area contributed by atoms with Gasteiger partial charge in [-0.25, -0.2) is 0 Å². The lowest BCUT2D eigenvalue weighted by atomic mass is 10.1. The molecule has 4 heteroatoms. The molecule has 0 radical (unpaired) electrons. The van der Waals surface area contributed by atoms with E-state index >= 15 is 0 Å². The number of hydrogen-bond donors (Lipinski definition) is 2. The van der Waals surface area contributed by atoms with E-state index in [1.165, 1.54) is 0 Å². The number of benzene rings is 1. The fraction of sp³-hybridized carbons (Fsp3) is 0.438. The van der Waals surface area contributed by atoms with Gasteiger partial charge in [0.2, 0.25) is 0 Å². The summed E-state index contributed by atoms with van der Waals surface area (Å²) in [5.74, 6) is -0.0456. The summed E-state index contributed by atoms with van der Waals surface area (Å²) in [6.07, 6.45) is 2.27. The highest BCUT2D eigenvalue weighted by molar-refractivity contribution is 5.84. The molecule has 0 bridgehead atoms. The Kier molecular flexibility index (Phi) is 4.45. The van der Waals surface area contributed by atoms with Crippen LogP contribution in [0.4, 0.5) is 0 Å². The van der Waals surface area contributed by atoms with Crippen LogP contribution in [-0.2, 0) is 16.0 Å². The van der Waals surface area contributed by atoms with Crippen molar-refractivity contribution < 1.29 is 9.53 Å². The third-order valence-corrected chi connectivity index (χ3v) is 3.66. The van der Waals surface area contributed by atoms with Gasteiger partial charge in [0, 0.05) is 23.5 Å². The van der Waals surface area contributed by atoms with Gasteiger partial charge in [-0.05, 0) is 24.5 Å². The molecule has 2 atom stereocenters. The van der Waals surface area contributed by atoms with E-state index in [2.05, 4.69) is 4.98 Å². The Morgan fingerprint density at radius 2 is 2.00 bits per heavy atom. The molecule has 108 valence electrons. The molecule has 0 saturated carbocycles. The Morgan fingerprint density at radius 1 is 1.30 bits per heavy atom. The summed E-state index contributed by atoms with van der Waals surface area (Å²) in [5.41, 5.74) is 8.06. The van der Waals surface area contributed by atoms with Gasteiger partial charge in [-0.1, -0.05) is 32.0 Å². The highest BCUT2D eigenvalue weighted by atomic mass is 16.5. The van der Waals surface area contributed by atoms with Crippen LogP contribution >= 0.6 is 0 Å². The lowest BCUT2D eigenvalue weighted by Crippen LogP contribution is -2.37. The van der Waals surface area contributed by atoms with Gasteiger partial charge in [0.25, 0.3) is 0 Å². The van der Waals surface area contributed by atoms with E-state index < -0.39 is 6.04 Å². The zero-order chi connectivity index (χ0) is 14.7. The van der Waals surface area contributed by atoms with Crippen molar-refractivity contribution in [3.05, 3.63) is 36.0 Å². The maximum Gasteiger partial charge on any atom is 0.323 e. The van der Waals surface area contributed by atoms with Crippen molar-refractivity contribution in [1.29, 1.82) is 0 Å². The molecule has 1 heterocycles. The molecule has 3 N–H and O–H groups in total. The summed E-state index contributed by atoms with van der Waals surface area (Å²) < 4.78 is 5.36. The second kappa shape index (κ2) is 6.09. The van der Waals surface area contributed by atoms with Crippen molar-refractivity contribution in [1.82, 2.24) is 4.98 Å². The number of para-hydroxylation sites is 1. The van der Waals surface area contributed by atoms with Crippen molar-refractivity contribution in [2.45, 2.75) is 39.3 Å². The minimum Gasteiger partial charge on any atom is -0.461 e. The van der Waals surface area contributed by atoms with E-state index in [4.69, 9.17) is 10.5 Å². The first-order valence-electron chi connectivity index (χ1n) is 7.00. The fourth-order valence-corrected chi connectivity index (χ4v) is 2.03. The molecule has 2 rings (SSSR count). The summed E-state index contributed by atoms with van der Waals surface area (Å²) >= 11 is 0. The third kappa shape index (κ3) is 3.20. The number of fused-ring (bicyclic) bond motifs is 1. The van der Waals surface area contributed by atoms with E-state index in [0.29, 0.717) is 12.3 Å². The van der Waals surface area contributed by atoms with Crippen LogP contribution in [0.2, 0.25) is 0 Å². The predicted octanol–water partition coefficient (Wildman–Crippen LogP) is 2.63. The van der Waals surface area contributed by atoms with Crippen LogP contribution in [0.15, 0.2) is 30.5 Å². The number of aromatic amines is 1. The Hall–Kier alpha value is -1.81. The molecule has 1 aromatic carbocycles. The lowest BCUT2D eigenvalue weighted by molar-refractivity contribution is -0.151. The predicted molar refractivity (Wildman–Crippen MR) is 80.4 cm³/mol. The zero-order valence-electron chi connectivity index (χ0n) is 12.2. The van der Waals surface area contributed by atoms with Crippen LogP contribution in [-0.4, -0.2) is 23.1 Å². The molecule has 0 aliphatic heterocycles. The van der Waals surface area contributed by atoms with Gasteiger partial charge in [0.05, 0.1) is 0 Å². The van der Waals surface area contributed by atoms with E-state index in [0.717, 1.165) is 16.5 Å². The average molecular weight is 274 g/mol.